The van der Waals surface area contributed by atoms with E-state index in [1.807, 2.05) is 0 Å². The molecule has 0 unspecified atom stereocenters. The van der Waals surface area contributed by atoms with E-state index in [9.17, 15) is 8.78 Å². The summed E-state index contributed by atoms with van der Waals surface area (Å²) in [5.74, 6) is -0.466. The van der Waals surface area contributed by atoms with Gasteiger partial charge in [-0.25, -0.2) is 8.78 Å². The Bertz CT molecular complexity index is 447. The van der Waals surface area contributed by atoms with Crippen LogP contribution in [-0.2, 0) is 0 Å². The van der Waals surface area contributed by atoms with Crippen LogP contribution >= 0.6 is 0 Å². The Morgan fingerprint density at radius 1 is 0.632 bits per heavy atom. The fourth-order valence-electron chi connectivity index (χ4n) is 1.69. The van der Waals surface area contributed by atoms with Crippen LogP contribution in [0.25, 0.3) is 0 Å². The summed E-state index contributed by atoms with van der Waals surface area (Å²) in [4.78, 5) is 0. The minimum atomic E-state index is -0.233. The number of rotatable bonds is 6. The first kappa shape index (κ1) is 13.3. The highest BCUT2D eigenvalue weighted by Gasteiger charge is 1.94. The maximum absolute atomic E-state index is 12.7. The molecule has 0 atom stereocenters. The molecule has 4 heteroatoms. The number of hydrogen-bond donors (Lipinski definition) is 2. The molecule has 2 nitrogen and oxygen atoms in total. The molecule has 2 rings (SSSR count). The third-order valence-corrected chi connectivity index (χ3v) is 2.70. The lowest BCUT2D eigenvalue weighted by Crippen LogP contribution is -2.09. The van der Waals surface area contributed by atoms with Crippen LogP contribution in [-0.4, -0.2) is 13.1 Å². The standard InChI is InChI=1S/C15H16F2N2/c16-12-2-6-14(7-3-12)18-10-1-11-19-15-8-4-13(17)5-9-15/h2-9,18-19H,1,10-11H2. The fourth-order valence-corrected chi connectivity index (χ4v) is 1.69. The van der Waals surface area contributed by atoms with Crippen molar-refractivity contribution in [3.8, 4) is 0 Å². The SMILES string of the molecule is Fc1ccc(NCCCNc2ccc(F)cc2)cc1. The summed E-state index contributed by atoms with van der Waals surface area (Å²) in [7, 11) is 0. The minimum absolute atomic E-state index is 0.233. The number of halogens is 2. The quantitative estimate of drug-likeness (QED) is 0.772. The van der Waals surface area contributed by atoms with E-state index in [2.05, 4.69) is 10.6 Å². The zero-order valence-electron chi connectivity index (χ0n) is 10.5. The maximum atomic E-state index is 12.7. The zero-order valence-corrected chi connectivity index (χ0v) is 10.5. The summed E-state index contributed by atoms with van der Waals surface area (Å²) in [6.07, 6.45) is 0.911. The van der Waals surface area contributed by atoms with Gasteiger partial charge in [0.05, 0.1) is 0 Å². The van der Waals surface area contributed by atoms with Gasteiger partial charge in [-0.3, -0.25) is 0 Å². The highest BCUT2D eigenvalue weighted by Crippen LogP contribution is 2.09. The first-order valence-corrected chi connectivity index (χ1v) is 6.23. The summed E-state index contributed by atoms with van der Waals surface area (Å²) in [6, 6.07) is 12.6. The van der Waals surface area contributed by atoms with Gasteiger partial charge in [-0.2, -0.15) is 0 Å². The van der Waals surface area contributed by atoms with Crippen molar-refractivity contribution in [1.82, 2.24) is 0 Å². The second kappa shape index (κ2) is 6.73. The molecular formula is C15H16F2N2. The van der Waals surface area contributed by atoms with Gasteiger partial charge in [0.25, 0.3) is 0 Å². The number of hydrogen-bond acceptors (Lipinski definition) is 2. The van der Waals surface area contributed by atoms with Gasteiger partial charge in [-0.15, -0.1) is 0 Å². The third kappa shape index (κ3) is 4.58. The molecule has 100 valence electrons. The Morgan fingerprint density at radius 3 is 1.37 bits per heavy atom. The molecule has 0 aliphatic rings. The predicted molar refractivity (Wildman–Crippen MR) is 74.4 cm³/mol. The topological polar surface area (TPSA) is 24.1 Å². The number of anilines is 2. The molecule has 0 saturated heterocycles. The zero-order chi connectivity index (χ0) is 13.5. The fraction of sp³-hybridized carbons (Fsp3) is 0.200. The molecule has 0 amide bonds. The van der Waals surface area contributed by atoms with E-state index in [-0.39, 0.29) is 11.6 Å². The van der Waals surface area contributed by atoms with Crippen molar-refractivity contribution >= 4 is 11.4 Å². The highest BCUT2D eigenvalue weighted by molar-refractivity contribution is 5.44. The maximum Gasteiger partial charge on any atom is 0.123 e. The van der Waals surface area contributed by atoms with E-state index in [1.165, 1.54) is 24.3 Å². The van der Waals surface area contributed by atoms with E-state index in [0.29, 0.717) is 0 Å². The van der Waals surface area contributed by atoms with Crippen LogP contribution in [0.1, 0.15) is 6.42 Å². The van der Waals surface area contributed by atoms with Gasteiger partial charge in [0.15, 0.2) is 0 Å². The predicted octanol–water partition coefficient (Wildman–Crippen LogP) is 3.88. The van der Waals surface area contributed by atoms with Gasteiger partial charge in [-0.1, -0.05) is 0 Å². The van der Waals surface area contributed by atoms with Crippen molar-refractivity contribution in [3.05, 3.63) is 60.2 Å². The normalized spacial score (nSPS) is 10.2. The van der Waals surface area contributed by atoms with Crippen molar-refractivity contribution in [1.29, 1.82) is 0 Å². The molecule has 0 bridgehead atoms. The average molecular weight is 262 g/mol. The molecule has 2 N–H and O–H groups in total. The van der Waals surface area contributed by atoms with E-state index in [0.717, 1.165) is 30.9 Å². The molecule has 0 aromatic heterocycles. The number of nitrogens with one attached hydrogen (secondary N) is 2. The molecule has 0 aliphatic heterocycles. The van der Waals surface area contributed by atoms with Crippen LogP contribution in [0.4, 0.5) is 20.2 Å². The van der Waals surface area contributed by atoms with E-state index in [1.54, 1.807) is 24.3 Å². The molecule has 0 radical (unpaired) electrons. The Hall–Kier alpha value is -2.10. The van der Waals surface area contributed by atoms with E-state index < -0.39 is 0 Å². The lowest BCUT2D eigenvalue weighted by molar-refractivity contribution is 0.627. The van der Waals surface area contributed by atoms with Gasteiger partial charge >= 0.3 is 0 Å². The van der Waals surface area contributed by atoms with Gasteiger partial charge < -0.3 is 10.6 Å². The largest absolute Gasteiger partial charge is 0.385 e. The van der Waals surface area contributed by atoms with Crippen LogP contribution in [0.5, 0.6) is 0 Å². The summed E-state index contributed by atoms with van der Waals surface area (Å²) in [5.41, 5.74) is 1.81. The van der Waals surface area contributed by atoms with Gasteiger partial charge in [0.2, 0.25) is 0 Å². The first-order chi connectivity index (χ1) is 9.24. The van der Waals surface area contributed by atoms with Crippen molar-refractivity contribution in [2.45, 2.75) is 6.42 Å². The van der Waals surface area contributed by atoms with Gasteiger partial charge in [0, 0.05) is 24.5 Å². The van der Waals surface area contributed by atoms with Crippen LogP contribution in [0.15, 0.2) is 48.5 Å². The molecule has 0 fully saturated rings. The Labute approximate surface area is 111 Å². The van der Waals surface area contributed by atoms with Crippen LogP contribution in [0.2, 0.25) is 0 Å². The van der Waals surface area contributed by atoms with Crippen molar-refractivity contribution in [2.24, 2.45) is 0 Å². The second-order valence-electron chi connectivity index (χ2n) is 4.22. The molecule has 2 aromatic rings. The molecule has 0 heterocycles. The van der Waals surface area contributed by atoms with Gasteiger partial charge in [-0.05, 0) is 55.0 Å². The molecular weight excluding hydrogens is 246 g/mol. The summed E-state index contributed by atoms with van der Waals surface area (Å²) < 4.78 is 25.4. The summed E-state index contributed by atoms with van der Waals surface area (Å²) in [6.45, 7) is 1.58. The molecule has 2 aromatic carbocycles. The smallest absolute Gasteiger partial charge is 0.123 e. The van der Waals surface area contributed by atoms with Gasteiger partial charge in [0.1, 0.15) is 11.6 Å². The van der Waals surface area contributed by atoms with Crippen molar-refractivity contribution in [3.63, 3.8) is 0 Å². The second-order valence-corrected chi connectivity index (χ2v) is 4.22. The third-order valence-electron chi connectivity index (χ3n) is 2.70. The summed E-state index contributed by atoms with van der Waals surface area (Å²) >= 11 is 0. The molecule has 0 spiro atoms. The minimum Gasteiger partial charge on any atom is -0.385 e. The Balaban J connectivity index is 1.64. The summed E-state index contributed by atoms with van der Waals surface area (Å²) in [5, 5.41) is 6.40. The Morgan fingerprint density at radius 2 is 1.00 bits per heavy atom. The number of benzene rings is 2. The van der Waals surface area contributed by atoms with E-state index in [4.69, 9.17) is 0 Å². The van der Waals surface area contributed by atoms with Crippen molar-refractivity contribution < 1.29 is 8.78 Å². The average Bonchev–Trinajstić information content (AvgIpc) is 2.43. The lowest BCUT2D eigenvalue weighted by Gasteiger charge is -2.08. The highest BCUT2D eigenvalue weighted by atomic mass is 19.1. The van der Waals surface area contributed by atoms with Crippen LogP contribution in [0.3, 0.4) is 0 Å². The lowest BCUT2D eigenvalue weighted by atomic mass is 10.3. The first-order valence-electron chi connectivity index (χ1n) is 6.23. The van der Waals surface area contributed by atoms with Crippen LogP contribution in [0, 0.1) is 11.6 Å². The van der Waals surface area contributed by atoms with Crippen LogP contribution < -0.4 is 10.6 Å². The Kier molecular flexibility index (Phi) is 4.72. The van der Waals surface area contributed by atoms with E-state index >= 15 is 0 Å². The monoisotopic (exact) mass is 262 g/mol. The molecule has 0 aliphatic carbocycles. The van der Waals surface area contributed by atoms with Crippen molar-refractivity contribution in [2.75, 3.05) is 23.7 Å². The molecule has 0 saturated carbocycles. The molecule has 19 heavy (non-hydrogen) atoms.